The summed E-state index contributed by atoms with van der Waals surface area (Å²) in [6.07, 6.45) is 5.44. The van der Waals surface area contributed by atoms with Crippen molar-refractivity contribution < 1.29 is 4.79 Å². The summed E-state index contributed by atoms with van der Waals surface area (Å²) < 4.78 is 1.69. The zero-order valence-corrected chi connectivity index (χ0v) is 20.3. The number of fused-ring (bicyclic) bond motifs is 1. The third kappa shape index (κ3) is 5.44. The lowest BCUT2D eigenvalue weighted by molar-refractivity contribution is 0.0642. The number of aromatic nitrogens is 4. The van der Waals surface area contributed by atoms with E-state index in [9.17, 15) is 9.59 Å². The Morgan fingerprint density at radius 3 is 2.40 bits per heavy atom. The molecule has 1 amide bonds. The van der Waals surface area contributed by atoms with Gasteiger partial charge in [-0.3, -0.25) is 19.1 Å². The van der Waals surface area contributed by atoms with Gasteiger partial charge in [0.1, 0.15) is 5.82 Å². The van der Waals surface area contributed by atoms with E-state index in [2.05, 4.69) is 9.97 Å². The van der Waals surface area contributed by atoms with Crippen molar-refractivity contribution in [1.82, 2.24) is 29.3 Å². The van der Waals surface area contributed by atoms with E-state index in [1.165, 1.54) is 0 Å². The fourth-order valence-electron chi connectivity index (χ4n) is 4.15. The predicted octanol–water partition coefficient (Wildman–Crippen LogP) is 3.39. The molecule has 4 rings (SSSR count). The summed E-state index contributed by atoms with van der Waals surface area (Å²) in [6, 6.07) is 16.3. The van der Waals surface area contributed by atoms with Crippen molar-refractivity contribution in [3.05, 3.63) is 100 Å². The Labute approximate surface area is 204 Å². The van der Waals surface area contributed by atoms with Crippen LogP contribution in [0.15, 0.2) is 78.0 Å². The SMILES string of the molecule is CCC(c1nc2ncccc2c(=O)n1Cc1ccccc1)N(CCN(C)C)C(=O)c1ccncc1. The summed E-state index contributed by atoms with van der Waals surface area (Å²) in [5.41, 5.74) is 1.76. The van der Waals surface area contributed by atoms with Crippen LogP contribution in [0.5, 0.6) is 0 Å². The maximum absolute atomic E-state index is 13.7. The highest BCUT2D eigenvalue weighted by atomic mass is 16.2. The molecule has 0 aliphatic carbocycles. The van der Waals surface area contributed by atoms with E-state index in [-0.39, 0.29) is 11.5 Å². The maximum Gasteiger partial charge on any atom is 0.263 e. The van der Waals surface area contributed by atoms with E-state index in [1.54, 1.807) is 47.4 Å². The van der Waals surface area contributed by atoms with Crippen molar-refractivity contribution in [3.8, 4) is 0 Å². The molecule has 0 spiro atoms. The zero-order valence-electron chi connectivity index (χ0n) is 20.3. The normalized spacial score (nSPS) is 12.1. The first-order chi connectivity index (χ1) is 17.0. The van der Waals surface area contributed by atoms with Crippen LogP contribution in [0.1, 0.15) is 41.1 Å². The first kappa shape index (κ1) is 24.2. The molecule has 0 aliphatic heterocycles. The van der Waals surface area contributed by atoms with E-state index in [4.69, 9.17) is 4.98 Å². The van der Waals surface area contributed by atoms with Gasteiger partial charge in [-0.05, 0) is 50.3 Å². The van der Waals surface area contributed by atoms with Crippen LogP contribution in [-0.4, -0.2) is 62.4 Å². The number of carbonyl (C=O) groups is 1. The van der Waals surface area contributed by atoms with Gasteiger partial charge in [-0.25, -0.2) is 9.97 Å². The number of amides is 1. The quantitative estimate of drug-likeness (QED) is 0.373. The van der Waals surface area contributed by atoms with E-state index < -0.39 is 6.04 Å². The number of pyridine rings is 2. The molecule has 8 heteroatoms. The van der Waals surface area contributed by atoms with Crippen molar-refractivity contribution in [1.29, 1.82) is 0 Å². The molecule has 1 atom stereocenters. The minimum Gasteiger partial charge on any atom is -0.327 e. The fraction of sp³-hybridized carbons (Fsp3) is 0.296. The number of benzene rings is 1. The summed E-state index contributed by atoms with van der Waals surface area (Å²) in [7, 11) is 3.94. The third-order valence-corrected chi connectivity index (χ3v) is 5.98. The van der Waals surface area contributed by atoms with Gasteiger partial charge in [0.25, 0.3) is 11.5 Å². The molecule has 0 saturated carbocycles. The number of likely N-dealkylation sites (N-methyl/N-ethyl adjacent to an activating group) is 1. The third-order valence-electron chi connectivity index (χ3n) is 5.98. The lowest BCUT2D eigenvalue weighted by Gasteiger charge is -2.33. The molecular weight excluding hydrogens is 440 g/mol. The van der Waals surface area contributed by atoms with Crippen molar-refractivity contribution in [2.45, 2.75) is 25.9 Å². The predicted molar refractivity (Wildman–Crippen MR) is 136 cm³/mol. The Kier molecular flexibility index (Phi) is 7.62. The molecule has 0 N–H and O–H groups in total. The summed E-state index contributed by atoms with van der Waals surface area (Å²) >= 11 is 0. The monoisotopic (exact) mass is 470 g/mol. The Morgan fingerprint density at radius 1 is 0.971 bits per heavy atom. The highest BCUT2D eigenvalue weighted by Gasteiger charge is 2.29. The van der Waals surface area contributed by atoms with Crippen LogP contribution in [0.2, 0.25) is 0 Å². The fourth-order valence-corrected chi connectivity index (χ4v) is 4.15. The van der Waals surface area contributed by atoms with Crippen LogP contribution < -0.4 is 5.56 Å². The molecule has 0 bridgehead atoms. The lowest BCUT2D eigenvalue weighted by Crippen LogP contribution is -2.42. The average molecular weight is 471 g/mol. The first-order valence-corrected chi connectivity index (χ1v) is 11.7. The first-order valence-electron chi connectivity index (χ1n) is 11.7. The highest BCUT2D eigenvalue weighted by Crippen LogP contribution is 2.26. The Hall–Kier alpha value is -3.91. The molecule has 1 aromatic carbocycles. The minimum atomic E-state index is -0.418. The van der Waals surface area contributed by atoms with Gasteiger partial charge in [-0.1, -0.05) is 37.3 Å². The molecule has 3 aromatic heterocycles. The number of hydrogen-bond acceptors (Lipinski definition) is 6. The van der Waals surface area contributed by atoms with E-state index >= 15 is 0 Å². The molecule has 0 aliphatic rings. The van der Waals surface area contributed by atoms with E-state index in [0.29, 0.717) is 48.5 Å². The van der Waals surface area contributed by atoms with Crippen molar-refractivity contribution in [3.63, 3.8) is 0 Å². The molecule has 1 unspecified atom stereocenters. The van der Waals surface area contributed by atoms with Gasteiger partial charge in [0, 0.05) is 37.2 Å². The second kappa shape index (κ2) is 11.0. The summed E-state index contributed by atoms with van der Waals surface area (Å²) in [5.74, 6) is 0.413. The van der Waals surface area contributed by atoms with Gasteiger partial charge in [-0.15, -0.1) is 0 Å². The molecule has 3 heterocycles. The Morgan fingerprint density at radius 2 is 1.71 bits per heavy atom. The van der Waals surface area contributed by atoms with Crippen LogP contribution in [0.3, 0.4) is 0 Å². The Balaban J connectivity index is 1.87. The number of carbonyl (C=O) groups excluding carboxylic acids is 1. The Bertz CT molecular complexity index is 1340. The van der Waals surface area contributed by atoms with Crippen LogP contribution in [0.25, 0.3) is 11.0 Å². The summed E-state index contributed by atoms with van der Waals surface area (Å²) in [4.78, 5) is 44.5. The molecule has 0 fully saturated rings. The van der Waals surface area contributed by atoms with Gasteiger partial charge in [0.2, 0.25) is 0 Å². The second-order valence-electron chi connectivity index (χ2n) is 8.68. The van der Waals surface area contributed by atoms with Crippen LogP contribution in [0, 0.1) is 0 Å². The average Bonchev–Trinajstić information content (AvgIpc) is 2.89. The van der Waals surface area contributed by atoms with E-state index in [1.807, 2.05) is 61.2 Å². The molecule has 0 saturated heterocycles. The topological polar surface area (TPSA) is 84.2 Å². The zero-order chi connectivity index (χ0) is 24.8. The van der Waals surface area contributed by atoms with Crippen LogP contribution >= 0.6 is 0 Å². The van der Waals surface area contributed by atoms with Gasteiger partial charge in [0.15, 0.2) is 5.65 Å². The molecular formula is C27H30N6O2. The number of nitrogens with zero attached hydrogens (tertiary/aromatic N) is 6. The van der Waals surface area contributed by atoms with Crippen LogP contribution in [0.4, 0.5) is 0 Å². The smallest absolute Gasteiger partial charge is 0.263 e. The molecule has 4 aromatic rings. The van der Waals surface area contributed by atoms with Crippen molar-refractivity contribution in [2.24, 2.45) is 0 Å². The van der Waals surface area contributed by atoms with Crippen molar-refractivity contribution >= 4 is 16.9 Å². The highest BCUT2D eigenvalue weighted by molar-refractivity contribution is 5.94. The van der Waals surface area contributed by atoms with Crippen LogP contribution in [-0.2, 0) is 6.54 Å². The molecule has 35 heavy (non-hydrogen) atoms. The minimum absolute atomic E-state index is 0.122. The molecule has 0 radical (unpaired) electrons. The van der Waals surface area contributed by atoms with Gasteiger partial charge in [-0.2, -0.15) is 0 Å². The van der Waals surface area contributed by atoms with Gasteiger partial charge >= 0.3 is 0 Å². The second-order valence-corrected chi connectivity index (χ2v) is 8.68. The standard InChI is InChI=1S/C27H30N6O2/c1-4-23(32(18-17-31(2)3)26(34)21-12-15-28-16-13-21)25-30-24-22(11-8-14-29-24)27(35)33(25)19-20-9-6-5-7-10-20/h5-16,23H,4,17-19H2,1-3H3. The lowest BCUT2D eigenvalue weighted by atomic mass is 10.1. The van der Waals surface area contributed by atoms with Gasteiger partial charge < -0.3 is 9.80 Å². The summed E-state index contributed by atoms with van der Waals surface area (Å²) in [6.45, 7) is 3.51. The van der Waals surface area contributed by atoms with E-state index in [0.717, 1.165) is 5.56 Å². The van der Waals surface area contributed by atoms with Crippen molar-refractivity contribution in [2.75, 3.05) is 27.2 Å². The maximum atomic E-state index is 13.7. The van der Waals surface area contributed by atoms with Gasteiger partial charge in [0.05, 0.1) is 18.0 Å². The molecule has 180 valence electrons. The molecule has 8 nitrogen and oxygen atoms in total. The summed E-state index contributed by atoms with van der Waals surface area (Å²) in [5, 5.41) is 0.460. The number of rotatable bonds is 9. The largest absolute Gasteiger partial charge is 0.327 e. The number of hydrogen-bond donors (Lipinski definition) is 0.